The van der Waals surface area contributed by atoms with Gasteiger partial charge in [0.1, 0.15) is 30.3 Å². The Morgan fingerprint density at radius 3 is 2.82 bits per heavy atom. The Morgan fingerprint density at radius 2 is 2.07 bits per heavy atom. The summed E-state index contributed by atoms with van der Waals surface area (Å²) in [6, 6.07) is 8.45. The molecule has 0 atom stereocenters. The second-order valence-electron chi connectivity index (χ2n) is 6.40. The average molecular weight is 398 g/mol. The molecule has 0 aliphatic rings. The number of hydrogen-bond acceptors (Lipinski definition) is 5. The van der Waals surface area contributed by atoms with Crippen molar-refractivity contribution in [1.82, 2.24) is 19.7 Å². The summed E-state index contributed by atoms with van der Waals surface area (Å²) >= 11 is 6.24. The predicted octanol–water partition coefficient (Wildman–Crippen LogP) is 4.29. The van der Waals surface area contributed by atoms with Crippen molar-refractivity contribution in [3.8, 4) is 16.9 Å². The number of hydrogen-bond donors (Lipinski definition) is 1. The summed E-state index contributed by atoms with van der Waals surface area (Å²) in [5.41, 5.74) is 8.89. The van der Waals surface area contributed by atoms with Crippen molar-refractivity contribution >= 4 is 28.3 Å². The maximum absolute atomic E-state index is 15.2. The first kappa shape index (κ1) is 18.2. The molecular weight excluding hydrogens is 381 g/mol. The minimum Gasteiger partial charge on any atom is -0.486 e. The molecule has 0 spiro atoms. The van der Waals surface area contributed by atoms with E-state index in [9.17, 15) is 0 Å². The quantitative estimate of drug-likeness (QED) is 0.555. The molecule has 4 rings (SSSR count). The van der Waals surface area contributed by atoms with Gasteiger partial charge in [0.2, 0.25) is 0 Å². The molecule has 0 fully saturated rings. The van der Waals surface area contributed by atoms with E-state index in [1.807, 2.05) is 20.0 Å². The molecular formula is C20H17ClFN5O. The molecule has 4 aromatic rings. The van der Waals surface area contributed by atoms with E-state index in [2.05, 4.69) is 15.1 Å². The number of benzene rings is 2. The van der Waals surface area contributed by atoms with Gasteiger partial charge in [0.15, 0.2) is 0 Å². The van der Waals surface area contributed by atoms with Crippen molar-refractivity contribution < 1.29 is 9.13 Å². The Balaban J connectivity index is 1.88. The van der Waals surface area contributed by atoms with Gasteiger partial charge >= 0.3 is 0 Å². The number of fused-ring (bicyclic) bond motifs is 1. The van der Waals surface area contributed by atoms with Crippen molar-refractivity contribution in [1.29, 1.82) is 0 Å². The topological polar surface area (TPSA) is 78.9 Å². The molecule has 0 saturated carbocycles. The molecule has 2 heterocycles. The maximum atomic E-state index is 15.2. The minimum atomic E-state index is -0.480. The highest BCUT2D eigenvalue weighted by Gasteiger charge is 2.20. The van der Waals surface area contributed by atoms with Gasteiger partial charge in [0.05, 0.1) is 16.6 Å². The number of aromatic nitrogens is 4. The number of nitrogen functional groups attached to an aromatic ring is 1. The van der Waals surface area contributed by atoms with E-state index >= 15 is 4.39 Å². The standard InChI is InChI=1S/C20H17ClFN5O/c1-11-13(4-3-5-14(11)21)17-15(22)8-16(18-19(17)24-10-25-20(18)23)28-9-12-6-7-27(2)26-12/h3-8,10H,9H2,1-2H3,(H2,23,24,25). The van der Waals surface area contributed by atoms with Crippen LogP contribution in [0.25, 0.3) is 22.0 Å². The smallest absolute Gasteiger partial charge is 0.138 e. The number of anilines is 1. The third-order valence-corrected chi connectivity index (χ3v) is 4.95. The van der Waals surface area contributed by atoms with Crippen LogP contribution in [-0.2, 0) is 13.7 Å². The summed E-state index contributed by atoms with van der Waals surface area (Å²) in [7, 11) is 1.81. The van der Waals surface area contributed by atoms with E-state index in [0.29, 0.717) is 32.7 Å². The first-order valence-electron chi connectivity index (χ1n) is 8.55. The number of nitrogens with zero attached hydrogens (tertiary/aromatic N) is 4. The second-order valence-corrected chi connectivity index (χ2v) is 6.80. The van der Waals surface area contributed by atoms with Crippen LogP contribution < -0.4 is 10.5 Å². The van der Waals surface area contributed by atoms with Crippen molar-refractivity contribution in [3.05, 3.63) is 65.0 Å². The molecule has 0 bridgehead atoms. The second kappa shape index (κ2) is 7.09. The fourth-order valence-electron chi connectivity index (χ4n) is 3.14. The predicted molar refractivity (Wildman–Crippen MR) is 107 cm³/mol. The van der Waals surface area contributed by atoms with Crippen LogP contribution in [0.1, 0.15) is 11.3 Å². The highest BCUT2D eigenvalue weighted by atomic mass is 35.5. The van der Waals surface area contributed by atoms with Crippen molar-refractivity contribution in [2.24, 2.45) is 7.05 Å². The average Bonchev–Trinajstić information content (AvgIpc) is 3.08. The zero-order chi connectivity index (χ0) is 19.8. The Labute approximate surface area is 165 Å². The van der Waals surface area contributed by atoms with Crippen LogP contribution in [0.5, 0.6) is 5.75 Å². The van der Waals surface area contributed by atoms with Gasteiger partial charge in [-0.05, 0) is 30.2 Å². The lowest BCUT2D eigenvalue weighted by Crippen LogP contribution is -2.03. The normalized spacial score (nSPS) is 11.1. The summed E-state index contributed by atoms with van der Waals surface area (Å²) in [6.45, 7) is 2.00. The monoisotopic (exact) mass is 397 g/mol. The summed E-state index contributed by atoms with van der Waals surface area (Å²) < 4.78 is 22.7. The first-order chi connectivity index (χ1) is 13.5. The van der Waals surface area contributed by atoms with Crippen molar-refractivity contribution in [3.63, 3.8) is 0 Å². The minimum absolute atomic E-state index is 0.166. The molecule has 0 unspecified atom stereocenters. The molecule has 0 radical (unpaired) electrons. The zero-order valence-corrected chi connectivity index (χ0v) is 16.0. The van der Waals surface area contributed by atoms with E-state index in [1.54, 1.807) is 29.1 Å². The first-order valence-corrected chi connectivity index (χ1v) is 8.93. The molecule has 0 saturated heterocycles. The molecule has 2 aromatic carbocycles. The highest BCUT2D eigenvalue weighted by Crippen LogP contribution is 2.40. The van der Waals surface area contributed by atoms with Crippen molar-refractivity contribution in [2.75, 3.05) is 5.73 Å². The number of halogens is 2. The van der Waals surface area contributed by atoms with E-state index in [-0.39, 0.29) is 18.2 Å². The molecule has 0 amide bonds. The van der Waals surface area contributed by atoms with E-state index in [0.717, 1.165) is 5.56 Å². The van der Waals surface area contributed by atoms with Gasteiger partial charge in [0.25, 0.3) is 0 Å². The van der Waals surface area contributed by atoms with Crippen LogP contribution in [0.4, 0.5) is 10.2 Å². The Bertz CT molecular complexity index is 1190. The zero-order valence-electron chi connectivity index (χ0n) is 15.3. The van der Waals surface area contributed by atoms with Gasteiger partial charge < -0.3 is 10.5 Å². The summed E-state index contributed by atoms with van der Waals surface area (Å²) in [5.74, 6) is -0.00590. The molecule has 142 valence electrons. The lowest BCUT2D eigenvalue weighted by atomic mass is 9.97. The molecule has 2 aromatic heterocycles. The third-order valence-electron chi connectivity index (χ3n) is 4.54. The van der Waals surface area contributed by atoms with Crippen LogP contribution in [0.2, 0.25) is 5.02 Å². The molecule has 28 heavy (non-hydrogen) atoms. The highest BCUT2D eigenvalue weighted by molar-refractivity contribution is 6.31. The molecule has 2 N–H and O–H groups in total. The number of rotatable bonds is 4. The molecule has 0 aliphatic carbocycles. The Morgan fingerprint density at radius 1 is 1.25 bits per heavy atom. The van der Waals surface area contributed by atoms with Gasteiger partial charge in [0, 0.05) is 29.9 Å². The third kappa shape index (κ3) is 3.14. The van der Waals surface area contributed by atoms with Crippen LogP contribution in [0, 0.1) is 12.7 Å². The Hall–Kier alpha value is -3.19. The molecule has 0 aliphatic heterocycles. The summed E-state index contributed by atoms with van der Waals surface area (Å²) in [5, 5.41) is 5.25. The van der Waals surface area contributed by atoms with Gasteiger partial charge in [-0.15, -0.1) is 0 Å². The van der Waals surface area contributed by atoms with Crippen LogP contribution in [0.15, 0.2) is 42.9 Å². The lowest BCUT2D eigenvalue weighted by molar-refractivity contribution is 0.302. The van der Waals surface area contributed by atoms with E-state index in [4.69, 9.17) is 22.1 Å². The number of aryl methyl sites for hydroxylation is 1. The SMILES string of the molecule is Cc1c(Cl)cccc1-c1c(F)cc(OCc2ccn(C)n2)c2c(N)ncnc12. The van der Waals surface area contributed by atoms with E-state index < -0.39 is 5.82 Å². The largest absolute Gasteiger partial charge is 0.486 e. The van der Waals surface area contributed by atoms with Gasteiger partial charge in [-0.25, -0.2) is 14.4 Å². The maximum Gasteiger partial charge on any atom is 0.138 e. The summed E-state index contributed by atoms with van der Waals surface area (Å²) in [6.07, 6.45) is 3.11. The lowest BCUT2D eigenvalue weighted by Gasteiger charge is -2.15. The fraction of sp³-hybridized carbons (Fsp3) is 0.150. The summed E-state index contributed by atoms with van der Waals surface area (Å²) in [4.78, 5) is 8.35. The Kier molecular flexibility index (Phi) is 4.60. The number of ether oxygens (including phenoxy) is 1. The van der Waals surface area contributed by atoms with Gasteiger partial charge in [-0.2, -0.15) is 5.10 Å². The van der Waals surface area contributed by atoms with Crippen LogP contribution >= 0.6 is 11.6 Å². The molecule has 6 nitrogen and oxygen atoms in total. The van der Waals surface area contributed by atoms with Crippen LogP contribution in [-0.4, -0.2) is 19.7 Å². The van der Waals surface area contributed by atoms with Gasteiger partial charge in [-0.3, -0.25) is 4.68 Å². The van der Waals surface area contributed by atoms with Crippen LogP contribution in [0.3, 0.4) is 0 Å². The van der Waals surface area contributed by atoms with E-state index in [1.165, 1.54) is 12.4 Å². The number of nitrogens with two attached hydrogens (primary N) is 1. The van der Waals surface area contributed by atoms with Crippen molar-refractivity contribution in [2.45, 2.75) is 13.5 Å². The fourth-order valence-corrected chi connectivity index (χ4v) is 3.32. The van der Waals surface area contributed by atoms with Gasteiger partial charge in [-0.1, -0.05) is 23.7 Å². The molecule has 8 heteroatoms.